The second-order valence-corrected chi connectivity index (χ2v) is 5.90. The highest BCUT2D eigenvalue weighted by Gasteiger charge is 2.25. The molecule has 1 aromatic carbocycles. The lowest BCUT2D eigenvalue weighted by molar-refractivity contribution is -0.387. The summed E-state index contributed by atoms with van der Waals surface area (Å²) in [6, 6.07) is 2.25. The van der Waals surface area contributed by atoms with Crippen LogP contribution in [0.1, 0.15) is 6.42 Å². The van der Waals surface area contributed by atoms with Crippen molar-refractivity contribution >= 4 is 15.7 Å². The van der Waals surface area contributed by atoms with Crippen molar-refractivity contribution in [2.75, 3.05) is 13.1 Å². The molecule has 2 rings (SSSR count). The largest absolute Gasteiger partial charge is 0.315 e. The highest BCUT2D eigenvalue weighted by Crippen LogP contribution is 2.21. The Morgan fingerprint density at radius 1 is 1.47 bits per heavy atom. The molecule has 1 aliphatic rings. The Bertz CT molecular complexity index is 599. The Morgan fingerprint density at radius 2 is 2.21 bits per heavy atom. The van der Waals surface area contributed by atoms with E-state index < -0.39 is 26.5 Å². The molecule has 19 heavy (non-hydrogen) atoms. The van der Waals surface area contributed by atoms with E-state index in [0.29, 0.717) is 19.5 Å². The molecule has 0 unspecified atom stereocenters. The first kappa shape index (κ1) is 13.8. The van der Waals surface area contributed by atoms with Crippen LogP contribution in [-0.2, 0) is 10.0 Å². The van der Waals surface area contributed by atoms with E-state index in [0.717, 1.165) is 18.2 Å². The maximum absolute atomic E-state index is 13.1. The van der Waals surface area contributed by atoms with Crippen molar-refractivity contribution < 1.29 is 17.7 Å². The molecule has 1 atom stereocenters. The third-order valence-electron chi connectivity index (χ3n) is 2.81. The number of nitro benzene ring substituents is 1. The van der Waals surface area contributed by atoms with Crippen molar-refractivity contribution in [1.82, 2.24) is 10.0 Å². The quantitative estimate of drug-likeness (QED) is 0.616. The van der Waals surface area contributed by atoms with Gasteiger partial charge in [0.05, 0.1) is 9.82 Å². The van der Waals surface area contributed by atoms with Crippen LogP contribution in [0.25, 0.3) is 0 Å². The van der Waals surface area contributed by atoms with Crippen molar-refractivity contribution in [3.05, 3.63) is 34.1 Å². The Kier molecular flexibility index (Phi) is 3.78. The standard InChI is InChI=1S/C10H12FN3O4S/c11-9-2-1-8(5-10(9)14(15)16)19(17,18)13-7-3-4-12-6-7/h1-2,5,7,12-13H,3-4,6H2/t7-/m0/s1. The van der Waals surface area contributed by atoms with Gasteiger partial charge in [-0.1, -0.05) is 0 Å². The minimum Gasteiger partial charge on any atom is -0.315 e. The van der Waals surface area contributed by atoms with Crippen LogP contribution in [0.3, 0.4) is 0 Å². The molecule has 0 aliphatic carbocycles. The van der Waals surface area contributed by atoms with E-state index in [2.05, 4.69) is 10.0 Å². The number of rotatable bonds is 4. The van der Waals surface area contributed by atoms with Gasteiger partial charge < -0.3 is 5.32 Å². The van der Waals surface area contributed by atoms with Crippen molar-refractivity contribution in [3.8, 4) is 0 Å². The summed E-state index contributed by atoms with van der Waals surface area (Å²) < 4.78 is 39.5. The molecular formula is C10H12FN3O4S. The first-order chi connectivity index (χ1) is 8.90. The zero-order valence-corrected chi connectivity index (χ0v) is 10.6. The van der Waals surface area contributed by atoms with Crippen molar-refractivity contribution in [2.45, 2.75) is 17.4 Å². The summed E-state index contributed by atoms with van der Waals surface area (Å²) in [4.78, 5) is 9.32. The third-order valence-corrected chi connectivity index (χ3v) is 4.32. The Labute approximate surface area is 109 Å². The van der Waals surface area contributed by atoms with Crippen LogP contribution < -0.4 is 10.0 Å². The van der Waals surface area contributed by atoms with Crippen LogP contribution in [-0.4, -0.2) is 32.5 Å². The van der Waals surface area contributed by atoms with Crippen LogP contribution in [0.4, 0.5) is 10.1 Å². The van der Waals surface area contributed by atoms with Crippen LogP contribution in [0.2, 0.25) is 0 Å². The number of sulfonamides is 1. The molecule has 7 nitrogen and oxygen atoms in total. The Hall–Kier alpha value is -1.58. The predicted octanol–water partition coefficient (Wildman–Crippen LogP) is 0.374. The molecule has 1 fully saturated rings. The average Bonchev–Trinajstić information content (AvgIpc) is 2.80. The number of hydrogen-bond acceptors (Lipinski definition) is 5. The summed E-state index contributed by atoms with van der Waals surface area (Å²) in [6.07, 6.45) is 0.641. The van der Waals surface area contributed by atoms with Gasteiger partial charge in [-0.15, -0.1) is 0 Å². The van der Waals surface area contributed by atoms with Gasteiger partial charge in [0.15, 0.2) is 0 Å². The van der Waals surface area contributed by atoms with E-state index in [9.17, 15) is 22.9 Å². The first-order valence-corrected chi connectivity index (χ1v) is 7.05. The molecule has 2 N–H and O–H groups in total. The van der Waals surface area contributed by atoms with Crippen molar-refractivity contribution in [3.63, 3.8) is 0 Å². The van der Waals surface area contributed by atoms with E-state index >= 15 is 0 Å². The zero-order chi connectivity index (χ0) is 14.0. The summed E-state index contributed by atoms with van der Waals surface area (Å²) in [6.45, 7) is 1.21. The molecule has 0 aromatic heterocycles. The van der Waals surface area contributed by atoms with Gasteiger partial charge in [-0.3, -0.25) is 10.1 Å². The molecule has 0 spiro atoms. The van der Waals surface area contributed by atoms with E-state index in [1.165, 1.54) is 0 Å². The number of benzene rings is 1. The molecule has 9 heteroatoms. The van der Waals surface area contributed by atoms with E-state index in [-0.39, 0.29) is 10.9 Å². The molecule has 1 heterocycles. The molecule has 0 saturated carbocycles. The second-order valence-electron chi connectivity index (χ2n) is 4.18. The molecule has 0 radical (unpaired) electrons. The molecule has 1 saturated heterocycles. The van der Waals surface area contributed by atoms with Crippen LogP contribution in [0.15, 0.2) is 23.1 Å². The summed E-state index contributed by atoms with van der Waals surface area (Å²) in [5.41, 5.74) is -0.854. The van der Waals surface area contributed by atoms with Gasteiger partial charge in [0.2, 0.25) is 15.8 Å². The van der Waals surface area contributed by atoms with Crippen LogP contribution >= 0.6 is 0 Å². The number of nitrogens with one attached hydrogen (secondary N) is 2. The monoisotopic (exact) mass is 289 g/mol. The fourth-order valence-electron chi connectivity index (χ4n) is 1.84. The van der Waals surface area contributed by atoms with Crippen molar-refractivity contribution in [1.29, 1.82) is 0 Å². The maximum atomic E-state index is 13.1. The molecular weight excluding hydrogens is 277 g/mol. The Morgan fingerprint density at radius 3 is 2.79 bits per heavy atom. The van der Waals surface area contributed by atoms with Gasteiger partial charge in [-0.25, -0.2) is 13.1 Å². The Balaban J connectivity index is 2.29. The highest BCUT2D eigenvalue weighted by atomic mass is 32.2. The van der Waals surface area contributed by atoms with Gasteiger partial charge in [-0.05, 0) is 25.1 Å². The minimum atomic E-state index is -3.88. The lowest BCUT2D eigenvalue weighted by Gasteiger charge is -2.11. The smallest absolute Gasteiger partial charge is 0.306 e. The molecule has 0 amide bonds. The van der Waals surface area contributed by atoms with Gasteiger partial charge in [0, 0.05) is 18.7 Å². The fourth-order valence-corrected chi connectivity index (χ4v) is 3.13. The third kappa shape index (κ3) is 3.06. The molecule has 104 valence electrons. The van der Waals surface area contributed by atoms with Crippen molar-refractivity contribution in [2.24, 2.45) is 0 Å². The zero-order valence-electron chi connectivity index (χ0n) is 9.80. The molecule has 1 aromatic rings. The summed E-state index contributed by atoms with van der Waals surface area (Å²) in [5.74, 6) is -1.06. The second kappa shape index (κ2) is 5.19. The highest BCUT2D eigenvalue weighted by molar-refractivity contribution is 7.89. The topological polar surface area (TPSA) is 101 Å². The van der Waals surface area contributed by atoms with Gasteiger partial charge in [0.25, 0.3) is 0 Å². The first-order valence-electron chi connectivity index (χ1n) is 5.57. The van der Waals surface area contributed by atoms with Gasteiger partial charge >= 0.3 is 5.69 Å². The van der Waals surface area contributed by atoms with E-state index in [1.54, 1.807) is 0 Å². The lowest BCUT2D eigenvalue weighted by atomic mass is 10.3. The maximum Gasteiger partial charge on any atom is 0.306 e. The summed E-state index contributed by atoms with van der Waals surface area (Å²) >= 11 is 0. The average molecular weight is 289 g/mol. The number of nitrogens with zero attached hydrogens (tertiary/aromatic N) is 1. The normalized spacial score (nSPS) is 19.5. The number of nitro groups is 1. The van der Waals surface area contributed by atoms with Crippen LogP contribution in [0.5, 0.6) is 0 Å². The predicted molar refractivity (Wildman–Crippen MR) is 64.7 cm³/mol. The SMILES string of the molecule is O=[N+]([O-])c1cc(S(=O)(=O)N[C@H]2CCNC2)ccc1F. The van der Waals surface area contributed by atoms with E-state index in [1.807, 2.05) is 0 Å². The van der Waals surface area contributed by atoms with Crippen LogP contribution in [0, 0.1) is 15.9 Å². The van der Waals surface area contributed by atoms with E-state index in [4.69, 9.17) is 0 Å². The van der Waals surface area contributed by atoms with Gasteiger partial charge in [-0.2, -0.15) is 4.39 Å². The molecule has 1 aliphatic heterocycles. The van der Waals surface area contributed by atoms with Gasteiger partial charge in [0.1, 0.15) is 0 Å². The fraction of sp³-hybridized carbons (Fsp3) is 0.400. The summed E-state index contributed by atoms with van der Waals surface area (Å²) in [7, 11) is -3.88. The lowest BCUT2D eigenvalue weighted by Crippen LogP contribution is -2.36. The number of halogens is 1. The number of hydrogen-bond donors (Lipinski definition) is 2. The summed E-state index contributed by atoms with van der Waals surface area (Å²) in [5, 5.41) is 13.6. The molecule has 0 bridgehead atoms. The minimum absolute atomic E-state index is 0.255.